The third kappa shape index (κ3) is 2.97. The van der Waals surface area contributed by atoms with Gasteiger partial charge in [-0.15, -0.1) is 6.58 Å². The molecule has 0 heterocycles. The Morgan fingerprint density at radius 1 is 1.57 bits per heavy atom. The van der Waals surface area contributed by atoms with E-state index in [1.54, 1.807) is 0 Å². The third-order valence-corrected chi connectivity index (χ3v) is 3.32. The Morgan fingerprint density at radius 2 is 2.21 bits per heavy atom. The number of allylic oxidation sites excluding steroid dienone is 1. The summed E-state index contributed by atoms with van der Waals surface area (Å²) >= 11 is 0. The van der Waals surface area contributed by atoms with Crippen molar-refractivity contribution in [2.75, 3.05) is 0 Å². The largest absolute Gasteiger partial charge is 0.300 e. The van der Waals surface area contributed by atoms with Crippen molar-refractivity contribution in [2.45, 2.75) is 46.5 Å². The standard InChI is InChI=1S/C13H22O/c1-9(2)7-11-8-12(14)5-6-13(11)10(3)4/h10-11,13H,1,5-8H2,2-4H3. The van der Waals surface area contributed by atoms with Crippen LogP contribution < -0.4 is 0 Å². The van der Waals surface area contributed by atoms with Crippen molar-refractivity contribution >= 4 is 5.78 Å². The molecule has 14 heavy (non-hydrogen) atoms. The Morgan fingerprint density at radius 3 is 2.71 bits per heavy atom. The number of Topliss-reactive ketones (excluding diaryl/α,β-unsaturated/α-hetero) is 1. The van der Waals surface area contributed by atoms with E-state index in [1.165, 1.54) is 5.57 Å². The van der Waals surface area contributed by atoms with E-state index >= 15 is 0 Å². The zero-order valence-corrected chi connectivity index (χ0v) is 9.68. The smallest absolute Gasteiger partial charge is 0.133 e. The molecule has 0 aromatic rings. The van der Waals surface area contributed by atoms with E-state index in [9.17, 15) is 4.79 Å². The molecule has 0 aliphatic heterocycles. The van der Waals surface area contributed by atoms with Crippen molar-refractivity contribution in [1.82, 2.24) is 0 Å². The van der Waals surface area contributed by atoms with Crippen LogP contribution in [0, 0.1) is 17.8 Å². The Bertz CT molecular complexity index is 225. The first-order chi connectivity index (χ1) is 6.50. The van der Waals surface area contributed by atoms with Crippen molar-refractivity contribution in [1.29, 1.82) is 0 Å². The highest BCUT2D eigenvalue weighted by Gasteiger charge is 2.30. The molecule has 2 unspecified atom stereocenters. The van der Waals surface area contributed by atoms with Gasteiger partial charge in [-0.25, -0.2) is 0 Å². The highest BCUT2D eigenvalue weighted by Crippen LogP contribution is 2.36. The van der Waals surface area contributed by atoms with Gasteiger partial charge in [-0.3, -0.25) is 4.79 Å². The SMILES string of the molecule is C=C(C)CC1CC(=O)CCC1C(C)C. The minimum absolute atomic E-state index is 0.452. The van der Waals surface area contributed by atoms with Crippen molar-refractivity contribution in [3.63, 3.8) is 0 Å². The second-order valence-corrected chi connectivity index (χ2v) is 5.11. The van der Waals surface area contributed by atoms with Crippen LogP contribution in [0.15, 0.2) is 12.2 Å². The van der Waals surface area contributed by atoms with E-state index < -0.39 is 0 Å². The van der Waals surface area contributed by atoms with Crippen LogP contribution in [-0.2, 0) is 4.79 Å². The monoisotopic (exact) mass is 194 g/mol. The van der Waals surface area contributed by atoms with Crippen LogP contribution in [0.3, 0.4) is 0 Å². The van der Waals surface area contributed by atoms with E-state index in [1.807, 2.05) is 0 Å². The van der Waals surface area contributed by atoms with Crippen LogP contribution in [0.2, 0.25) is 0 Å². The number of hydrogen-bond acceptors (Lipinski definition) is 1. The molecule has 0 radical (unpaired) electrons. The van der Waals surface area contributed by atoms with Crippen LogP contribution in [0.25, 0.3) is 0 Å². The normalized spacial score (nSPS) is 28.1. The van der Waals surface area contributed by atoms with E-state index in [4.69, 9.17) is 0 Å². The lowest BCUT2D eigenvalue weighted by atomic mass is 9.71. The summed E-state index contributed by atoms with van der Waals surface area (Å²) in [6, 6.07) is 0. The molecule has 2 atom stereocenters. The van der Waals surface area contributed by atoms with E-state index in [0.29, 0.717) is 17.6 Å². The number of carbonyl (C=O) groups excluding carboxylic acids is 1. The zero-order chi connectivity index (χ0) is 10.7. The summed E-state index contributed by atoms with van der Waals surface area (Å²) in [6.07, 6.45) is 3.72. The molecule has 0 N–H and O–H groups in total. The van der Waals surface area contributed by atoms with Gasteiger partial charge in [0.2, 0.25) is 0 Å². The van der Waals surface area contributed by atoms with Crippen molar-refractivity contribution in [3.8, 4) is 0 Å². The maximum atomic E-state index is 11.4. The Labute approximate surface area is 87.6 Å². The number of hydrogen-bond donors (Lipinski definition) is 0. The number of carbonyl (C=O) groups is 1. The molecule has 0 aromatic carbocycles. The summed E-state index contributed by atoms with van der Waals surface area (Å²) in [6.45, 7) is 10.6. The zero-order valence-electron chi connectivity index (χ0n) is 9.68. The van der Waals surface area contributed by atoms with E-state index in [2.05, 4.69) is 27.4 Å². The van der Waals surface area contributed by atoms with Gasteiger partial charge < -0.3 is 0 Å². The molecule has 0 amide bonds. The number of ketones is 1. The van der Waals surface area contributed by atoms with Crippen LogP contribution in [-0.4, -0.2) is 5.78 Å². The highest BCUT2D eigenvalue weighted by molar-refractivity contribution is 5.79. The van der Waals surface area contributed by atoms with Crippen molar-refractivity contribution in [2.24, 2.45) is 17.8 Å². The lowest BCUT2D eigenvalue weighted by Gasteiger charge is -2.33. The minimum atomic E-state index is 0.452. The van der Waals surface area contributed by atoms with Crippen molar-refractivity contribution < 1.29 is 4.79 Å². The summed E-state index contributed by atoms with van der Waals surface area (Å²) in [5.74, 6) is 2.44. The highest BCUT2D eigenvalue weighted by atomic mass is 16.1. The average Bonchev–Trinajstić information content (AvgIpc) is 2.01. The molecule has 0 bridgehead atoms. The predicted molar refractivity (Wildman–Crippen MR) is 60.1 cm³/mol. The van der Waals surface area contributed by atoms with Gasteiger partial charge in [-0.1, -0.05) is 19.4 Å². The fraction of sp³-hybridized carbons (Fsp3) is 0.769. The lowest BCUT2D eigenvalue weighted by Crippen LogP contribution is -2.28. The molecule has 0 saturated heterocycles. The van der Waals surface area contributed by atoms with E-state index in [0.717, 1.165) is 31.6 Å². The maximum absolute atomic E-state index is 11.4. The summed E-state index contributed by atoms with van der Waals surface area (Å²) in [5.41, 5.74) is 1.22. The van der Waals surface area contributed by atoms with Gasteiger partial charge in [0.1, 0.15) is 5.78 Å². The first-order valence-electron chi connectivity index (χ1n) is 5.66. The second-order valence-electron chi connectivity index (χ2n) is 5.11. The predicted octanol–water partition coefficient (Wildman–Crippen LogP) is 3.59. The molecule has 1 fully saturated rings. The minimum Gasteiger partial charge on any atom is -0.300 e. The average molecular weight is 194 g/mol. The first-order valence-corrected chi connectivity index (χ1v) is 5.66. The van der Waals surface area contributed by atoms with Gasteiger partial charge in [0.15, 0.2) is 0 Å². The van der Waals surface area contributed by atoms with Gasteiger partial charge in [0.05, 0.1) is 0 Å². The third-order valence-electron chi connectivity index (χ3n) is 3.32. The summed E-state index contributed by atoms with van der Waals surface area (Å²) in [4.78, 5) is 11.4. The molecule has 1 heteroatoms. The Balaban J connectivity index is 2.63. The van der Waals surface area contributed by atoms with Crippen LogP contribution in [0.1, 0.15) is 46.5 Å². The van der Waals surface area contributed by atoms with Gasteiger partial charge in [-0.05, 0) is 37.5 Å². The van der Waals surface area contributed by atoms with Crippen LogP contribution in [0.5, 0.6) is 0 Å². The Kier molecular flexibility index (Phi) is 3.91. The molecule has 0 spiro atoms. The fourth-order valence-corrected chi connectivity index (χ4v) is 2.66. The summed E-state index contributed by atoms with van der Waals surface area (Å²) < 4.78 is 0. The molecular formula is C13H22O. The van der Waals surface area contributed by atoms with Gasteiger partial charge in [-0.2, -0.15) is 0 Å². The van der Waals surface area contributed by atoms with Crippen LogP contribution in [0.4, 0.5) is 0 Å². The van der Waals surface area contributed by atoms with E-state index in [-0.39, 0.29) is 0 Å². The molecule has 1 aliphatic rings. The van der Waals surface area contributed by atoms with Crippen molar-refractivity contribution in [3.05, 3.63) is 12.2 Å². The number of rotatable bonds is 3. The quantitative estimate of drug-likeness (QED) is 0.627. The molecule has 1 saturated carbocycles. The lowest BCUT2D eigenvalue weighted by molar-refractivity contribution is -0.123. The second kappa shape index (κ2) is 4.77. The molecule has 1 aliphatic carbocycles. The van der Waals surface area contributed by atoms with Gasteiger partial charge in [0.25, 0.3) is 0 Å². The topological polar surface area (TPSA) is 17.1 Å². The fourth-order valence-electron chi connectivity index (χ4n) is 2.66. The molecular weight excluding hydrogens is 172 g/mol. The molecule has 1 nitrogen and oxygen atoms in total. The summed E-state index contributed by atoms with van der Waals surface area (Å²) in [7, 11) is 0. The molecule has 80 valence electrons. The molecule has 1 rings (SSSR count). The molecule has 0 aromatic heterocycles. The van der Waals surface area contributed by atoms with Gasteiger partial charge >= 0.3 is 0 Å². The van der Waals surface area contributed by atoms with Gasteiger partial charge in [0, 0.05) is 12.8 Å². The summed E-state index contributed by atoms with van der Waals surface area (Å²) in [5, 5.41) is 0. The maximum Gasteiger partial charge on any atom is 0.133 e. The van der Waals surface area contributed by atoms with Crippen LogP contribution >= 0.6 is 0 Å². The first kappa shape index (κ1) is 11.5. The Hall–Kier alpha value is -0.590.